The van der Waals surface area contributed by atoms with E-state index >= 15 is 0 Å². The number of hydrogen-bond donors (Lipinski definition) is 1. The van der Waals surface area contributed by atoms with E-state index in [2.05, 4.69) is 4.98 Å². The lowest BCUT2D eigenvalue weighted by atomic mass is 9.62. The van der Waals surface area contributed by atoms with Crippen molar-refractivity contribution < 1.29 is 9.53 Å². The van der Waals surface area contributed by atoms with Crippen LogP contribution in [0.1, 0.15) is 34.6 Å². The molecule has 4 aromatic rings. The Labute approximate surface area is 173 Å². The van der Waals surface area contributed by atoms with E-state index in [0.717, 1.165) is 5.56 Å². The van der Waals surface area contributed by atoms with E-state index < -0.39 is 5.41 Å². The van der Waals surface area contributed by atoms with Gasteiger partial charge in [0.05, 0.1) is 21.9 Å². The van der Waals surface area contributed by atoms with Gasteiger partial charge >= 0.3 is 5.97 Å². The molecule has 1 saturated carbocycles. The average molecular weight is 396 g/mol. The zero-order valence-electron chi connectivity index (χ0n) is 16.2. The number of hydrogen-bond acceptors (Lipinski definition) is 4. The van der Waals surface area contributed by atoms with E-state index in [9.17, 15) is 9.59 Å². The summed E-state index contributed by atoms with van der Waals surface area (Å²) < 4.78 is 5.73. The van der Waals surface area contributed by atoms with E-state index in [1.165, 1.54) is 0 Å². The number of benzene rings is 3. The molecule has 0 bridgehead atoms. The predicted octanol–water partition coefficient (Wildman–Crippen LogP) is 4.23. The third-order valence-electron chi connectivity index (χ3n) is 5.83. The number of rotatable bonds is 4. The molecule has 5 rings (SSSR count). The van der Waals surface area contributed by atoms with Gasteiger partial charge in [0.25, 0.3) is 5.56 Å². The third kappa shape index (κ3) is 3.08. The van der Waals surface area contributed by atoms with Crippen LogP contribution in [0.2, 0.25) is 0 Å². The van der Waals surface area contributed by atoms with Gasteiger partial charge in [0, 0.05) is 12.8 Å². The molecule has 0 unspecified atom stereocenters. The lowest BCUT2D eigenvalue weighted by molar-refractivity contribution is -0.0152. The number of para-hydroxylation sites is 1. The molecule has 1 fully saturated rings. The Morgan fingerprint density at radius 1 is 0.900 bits per heavy atom. The Kier molecular flexibility index (Phi) is 4.43. The van der Waals surface area contributed by atoms with E-state index in [-0.39, 0.29) is 17.6 Å². The smallest absolute Gasteiger partial charge is 0.338 e. The van der Waals surface area contributed by atoms with Crippen molar-refractivity contribution in [1.82, 2.24) is 9.97 Å². The number of fused-ring (bicyclic) bond motifs is 1. The van der Waals surface area contributed by atoms with Crippen molar-refractivity contribution >= 4 is 16.9 Å². The first-order valence-electron chi connectivity index (χ1n) is 9.97. The lowest BCUT2D eigenvalue weighted by Gasteiger charge is -2.46. The van der Waals surface area contributed by atoms with Gasteiger partial charge < -0.3 is 9.72 Å². The summed E-state index contributed by atoms with van der Waals surface area (Å²) in [6, 6.07) is 26.3. The predicted molar refractivity (Wildman–Crippen MR) is 114 cm³/mol. The number of carbonyl (C=O) groups excluding carboxylic acids is 1. The maximum Gasteiger partial charge on any atom is 0.338 e. The normalized spacial score (nSPS) is 20.5. The van der Waals surface area contributed by atoms with Crippen LogP contribution in [0.3, 0.4) is 0 Å². The highest BCUT2D eigenvalue weighted by molar-refractivity contribution is 5.89. The molecule has 0 atom stereocenters. The summed E-state index contributed by atoms with van der Waals surface area (Å²) in [5.74, 6) is 0.284. The molecule has 0 saturated heterocycles. The van der Waals surface area contributed by atoms with Crippen LogP contribution in [-0.2, 0) is 10.2 Å². The van der Waals surface area contributed by atoms with Crippen molar-refractivity contribution in [2.45, 2.75) is 24.4 Å². The van der Waals surface area contributed by atoms with Crippen molar-refractivity contribution in [3.63, 3.8) is 0 Å². The highest BCUT2D eigenvalue weighted by Crippen LogP contribution is 2.49. The van der Waals surface area contributed by atoms with Gasteiger partial charge in [-0.1, -0.05) is 60.7 Å². The lowest BCUT2D eigenvalue weighted by Crippen LogP contribution is -2.49. The summed E-state index contributed by atoms with van der Waals surface area (Å²) in [5.41, 5.74) is 1.60. The van der Waals surface area contributed by atoms with E-state index in [4.69, 9.17) is 9.72 Å². The van der Waals surface area contributed by atoms with E-state index in [1.807, 2.05) is 66.7 Å². The molecule has 1 heterocycles. The highest BCUT2D eigenvalue weighted by atomic mass is 16.5. The Bertz CT molecular complexity index is 1260. The zero-order chi connectivity index (χ0) is 20.6. The zero-order valence-corrected chi connectivity index (χ0v) is 16.2. The summed E-state index contributed by atoms with van der Waals surface area (Å²) in [6.45, 7) is 0. The molecule has 1 aliphatic carbocycles. The van der Waals surface area contributed by atoms with E-state index in [1.54, 1.807) is 18.2 Å². The van der Waals surface area contributed by atoms with E-state index in [0.29, 0.717) is 35.1 Å². The summed E-state index contributed by atoms with van der Waals surface area (Å²) >= 11 is 0. The minimum absolute atomic E-state index is 0.157. The fraction of sp³-hybridized carbons (Fsp3) is 0.160. The number of carbonyl (C=O) groups is 1. The standard InChI is InChI=1S/C25H20N2O3/c28-22-20-13-7-8-14-21(20)26-24(27-22)25(18-11-5-2-6-12-18)15-19(16-25)30-23(29)17-9-3-1-4-10-17/h1-14,19H,15-16H2,(H,26,27,28). The fourth-order valence-corrected chi connectivity index (χ4v) is 4.23. The molecule has 0 amide bonds. The highest BCUT2D eigenvalue weighted by Gasteiger charge is 2.51. The van der Waals surface area contributed by atoms with Crippen LogP contribution in [-0.4, -0.2) is 22.0 Å². The van der Waals surface area contributed by atoms with Crippen LogP contribution < -0.4 is 5.56 Å². The Hall–Kier alpha value is -3.73. The summed E-state index contributed by atoms with van der Waals surface area (Å²) in [4.78, 5) is 32.9. The number of ether oxygens (including phenoxy) is 1. The monoisotopic (exact) mass is 396 g/mol. The molecular weight excluding hydrogens is 376 g/mol. The minimum atomic E-state index is -0.494. The van der Waals surface area contributed by atoms with Crippen LogP contribution in [0.4, 0.5) is 0 Å². The second-order valence-corrected chi connectivity index (χ2v) is 7.68. The van der Waals surface area contributed by atoms with Gasteiger partial charge in [-0.3, -0.25) is 4.79 Å². The second kappa shape index (κ2) is 7.26. The Balaban J connectivity index is 1.49. The molecular formula is C25H20N2O3. The molecule has 3 aromatic carbocycles. The first-order valence-corrected chi connectivity index (χ1v) is 9.97. The molecule has 0 aliphatic heterocycles. The molecule has 30 heavy (non-hydrogen) atoms. The maximum atomic E-state index is 12.7. The number of aromatic amines is 1. The topological polar surface area (TPSA) is 72.0 Å². The number of nitrogens with one attached hydrogen (secondary N) is 1. The van der Waals surface area contributed by atoms with Gasteiger partial charge in [0.1, 0.15) is 11.9 Å². The number of nitrogens with zero attached hydrogens (tertiary/aromatic N) is 1. The van der Waals surface area contributed by atoms with Crippen molar-refractivity contribution in [3.8, 4) is 0 Å². The quantitative estimate of drug-likeness (QED) is 0.524. The maximum absolute atomic E-state index is 12.7. The molecule has 1 aliphatic rings. The van der Waals surface area contributed by atoms with Crippen molar-refractivity contribution in [2.75, 3.05) is 0 Å². The molecule has 148 valence electrons. The van der Waals surface area contributed by atoms with Gasteiger partial charge in [-0.25, -0.2) is 9.78 Å². The molecule has 5 heteroatoms. The third-order valence-corrected chi connectivity index (χ3v) is 5.83. The molecule has 5 nitrogen and oxygen atoms in total. The van der Waals surface area contributed by atoms with Gasteiger partial charge in [0.2, 0.25) is 0 Å². The van der Waals surface area contributed by atoms with Crippen molar-refractivity contribution in [2.24, 2.45) is 0 Å². The summed E-state index contributed by atoms with van der Waals surface area (Å²) in [6.07, 6.45) is 0.892. The number of H-pyrrole nitrogens is 1. The SMILES string of the molecule is O=C(OC1CC(c2ccccc2)(c2nc3ccccc3c(=O)[nH]2)C1)c1ccccc1. The van der Waals surface area contributed by atoms with Crippen molar-refractivity contribution in [3.05, 3.63) is 112 Å². The van der Waals surface area contributed by atoms with Gasteiger partial charge in [0.15, 0.2) is 0 Å². The molecule has 1 aromatic heterocycles. The molecule has 0 radical (unpaired) electrons. The van der Waals surface area contributed by atoms with Crippen LogP contribution in [0, 0.1) is 0 Å². The first-order chi connectivity index (χ1) is 14.7. The van der Waals surface area contributed by atoms with Gasteiger partial charge in [-0.15, -0.1) is 0 Å². The first kappa shape index (κ1) is 18.3. The number of aromatic nitrogens is 2. The van der Waals surface area contributed by atoms with Gasteiger partial charge in [-0.05, 0) is 29.8 Å². The Morgan fingerprint density at radius 3 is 2.27 bits per heavy atom. The van der Waals surface area contributed by atoms with Crippen LogP contribution in [0.15, 0.2) is 89.7 Å². The fourth-order valence-electron chi connectivity index (χ4n) is 4.23. The summed E-state index contributed by atoms with van der Waals surface area (Å²) in [5, 5.41) is 0.566. The number of esters is 1. The van der Waals surface area contributed by atoms with Crippen LogP contribution in [0.5, 0.6) is 0 Å². The molecule has 0 spiro atoms. The van der Waals surface area contributed by atoms with Crippen LogP contribution in [0.25, 0.3) is 10.9 Å². The second-order valence-electron chi connectivity index (χ2n) is 7.68. The Morgan fingerprint density at radius 2 is 1.53 bits per heavy atom. The molecule has 1 N–H and O–H groups in total. The van der Waals surface area contributed by atoms with Gasteiger partial charge in [-0.2, -0.15) is 0 Å². The van der Waals surface area contributed by atoms with Crippen molar-refractivity contribution in [1.29, 1.82) is 0 Å². The summed E-state index contributed by atoms with van der Waals surface area (Å²) in [7, 11) is 0. The average Bonchev–Trinajstić information content (AvgIpc) is 2.77. The largest absolute Gasteiger partial charge is 0.459 e. The minimum Gasteiger partial charge on any atom is -0.459 e. The van der Waals surface area contributed by atoms with Crippen LogP contribution >= 0.6 is 0 Å².